The average Bonchev–Trinajstić information content (AvgIpc) is 1.74. The monoisotopic (exact) mass is 226 g/mol. The molecule has 2 saturated carbocycles. The van der Waals surface area contributed by atoms with Gasteiger partial charge >= 0.3 is 0 Å². The zero-order chi connectivity index (χ0) is 10.6. The van der Waals surface area contributed by atoms with Gasteiger partial charge in [0.05, 0.1) is 5.75 Å². The van der Waals surface area contributed by atoms with Crippen LogP contribution in [-0.4, -0.2) is 24.6 Å². The Morgan fingerprint density at radius 1 is 1.29 bits per heavy atom. The molecule has 0 atom stereocenters. The molecule has 2 aliphatic rings. The van der Waals surface area contributed by atoms with Gasteiger partial charge in [0.15, 0.2) is 0 Å². The Bertz CT molecular complexity index is 334. The maximum atomic E-state index is 12.6. The number of rotatable bonds is 2. The van der Waals surface area contributed by atoms with E-state index >= 15 is 0 Å². The highest BCUT2D eigenvalue weighted by Gasteiger charge is 2.61. The molecule has 0 bridgehead atoms. The maximum absolute atomic E-state index is 12.6. The van der Waals surface area contributed by atoms with Crippen molar-refractivity contribution < 1.29 is 21.8 Å². The molecule has 14 heavy (non-hydrogen) atoms. The predicted molar refractivity (Wildman–Crippen MR) is 45.8 cm³/mol. The minimum Gasteiger partial charge on any atom is -0.286 e. The van der Waals surface area contributed by atoms with Crippen molar-refractivity contribution in [1.29, 1.82) is 0 Å². The van der Waals surface area contributed by atoms with Crippen molar-refractivity contribution in [1.82, 2.24) is 0 Å². The molecule has 0 aromatic carbocycles. The molecule has 2 fully saturated rings. The lowest BCUT2D eigenvalue weighted by Crippen LogP contribution is -2.54. The molecule has 2 aliphatic carbocycles. The third-order valence-electron chi connectivity index (χ3n) is 3.16. The second-order valence-corrected chi connectivity index (χ2v) is 6.23. The van der Waals surface area contributed by atoms with Gasteiger partial charge in [-0.3, -0.25) is 4.55 Å². The van der Waals surface area contributed by atoms with Crippen LogP contribution < -0.4 is 0 Å². The van der Waals surface area contributed by atoms with Gasteiger partial charge in [0.2, 0.25) is 5.92 Å². The first kappa shape index (κ1) is 10.3. The lowest BCUT2D eigenvalue weighted by atomic mass is 9.51. The van der Waals surface area contributed by atoms with Crippen molar-refractivity contribution in [2.45, 2.75) is 31.6 Å². The summed E-state index contributed by atoms with van der Waals surface area (Å²) >= 11 is 0. The fourth-order valence-electron chi connectivity index (χ4n) is 2.91. The van der Waals surface area contributed by atoms with E-state index < -0.39 is 16.0 Å². The Labute approximate surface area is 81.2 Å². The van der Waals surface area contributed by atoms with E-state index in [-0.39, 0.29) is 29.9 Å². The number of hydrogen-bond acceptors (Lipinski definition) is 2. The van der Waals surface area contributed by atoms with Crippen molar-refractivity contribution in [2.75, 3.05) is 5.75 Å². The van der Waals surface area contributed by atoms with Crippen LogP contribution in [0.1, 0.15) is 25.7 Å². The molecule has 0 unspecified atom stereocenters. The fraction of sp³-hybridized carbons (Fsp3) is 1.00. The Hall–Kier alpha value is -0.230. The highest BCUT2D eigenvalue weighted by molar-refractivity contribution is 7.85. The Kier molecular flexibility index (Phi) is 1.96. The standard InChI is InChI=1S/C8H12F2O3S/c9-8(10)4-7(5-8)1-6(2-7)3-14(11,12)13/h6H,1-5H2,(H,11,12,13). The van der Waals surface area contributed by atoms with E-state index in [4.69, 9.17) is 4.55 Å². The van der Waals surface area contributed by atoms with Crippen molar-refractivity contribution in [3.8, 4) is 0 Å². The molecule has 0 radical (unpaired) electrons. The van der Waals surface area contributed by atoms with Crippen molar-refractivity contribution in [2.24, 2.45) is 11.3 Å². The average molecular weight is 226 g/mol. The van der Waals surface area contributed by atoms with E-state index in [9.17, 15) is 17.2 Å². The number of halogens is 2. The first-order valence-electron chi connectivity index (χ1n) is 4.53. The van der Waals surface area contributed by atoms with Crippen LogP contribution in [0.2, 0.25) is 0 Å². The smallest absolute Gasteiger partial charge is 0.265 e. The van der Waals surface area contributed by atoms with Crippen LogP contribution in [0, 0.1) is 11.3 Å². The predicted octanol–water partition coefficient (Wildman–Crippen LogP) is 1.70. The first-order valence-corrected chi connectivity index (χ1v) is 6.14. The van der Waals surface area contributed by atoms with Crippen LogP contribution in [0.25, 0.3) is 0 Å². The number of hydrogen-bond donors (Lipinski definition) is 1. The summed E-state index contributed by atoms with van der Waals surface area (Å²) in [7, 11) is -3.93. The van der Waals surface area contributed by atoms with E-state index in [2.05, 4.69) is 0 Å². The highest BCUT2D eigenvalue weighted by Crippen LogP contribution is 2.64. The van der Waals surface area contributed by atoms with Crippen molar-refractivity contribution >= 4 is 10.1 Å². The van der Waals surface area contributed by atoms with Gasteiger partial charge < -0.3 is 0 Å². The fourth-order valence-corrected chi connectivity index (χ4v) is 3.75. The molecule has 0 amide bonds. The summed E-state index contributed by atoms with van der Waals surface area (Å²) in [6.45, 7) is 0. The van der Waals surface area contributed by atoms with Crippen LogP contribution in [0.15, 0.2) is 0 Å². The normalized spacial score (nSPS) is 29.6. The molecule has 82 valence electrons. The molecule has 0 aromatic heterocycles. The molecule has 6 heteroatoms. The molecule has 1 N–H and O–H groups in total. The van der Waals surface area contributed by atoms with Gasteiger partial charge in [0.1, 0.15) is 0 Å². The van der Waals surface area contributed by atoms with Crippen molar-refractivity contribution in [3.05, 3.63) is 0 Å². The molecular formula is C8H12F2O3S. The van der Waals surface area contributed by atoms with Gasteiger partial charge in [-0.25, -0.2) is 8.78 Å². The van der Waals surface area contributed by atoms with Gasteiger partial charge in [-0.2, -0.15) is 8.42 Å². The zero-order valence-electron chi connectivity index (χ0n) is 7.54. The van der Waals surface area contributed by atoms with Gasteiger partial charge in [-0.05, 0) is 24.2 Å². The highest BCUT2D eigenvalue weighted by atomic mass is 32.2. The minimum atomic E-state index is -3.93. The minimum absolute atomic E-state index is 0.109. The summed E-state index contributed by atoms with van der Waals surface area (Å²) < 4.78 is 54.6. The third kappa shape index (κ3) is 1.91. The lowest BCUT2D eigenvalue weighted by molar-refractivity contribution is -0.203. The quantitative estimate of drug-likeness (QED) is 0.729. The van der Waals surface area contributed by atoms with E-state index in [0.717, 1.165) is 0 Å². The van der Waals surface area contributed by atoms with E-state index in [1.165, 1.54) is 0 Å². The third-order valence-corrected chi connectivity index (χ3v) is 4.05. The molecule has 0 aliphatic heterocycles. The van der Waals surface area contributed by atoms with Gasteiger partial charge in [0, 0.05) is 12.8 Å². The zero-order valence-corrected chi connectivity index (χ0v) is 8.36. The van der Waals surface area contributed by atoms with Crippen LogP contribution in [0.3, 0.4) is 0 Å². The summed E-state index contributed by atoms with van der Waals surface area (Å²) in [6, 6.07) is 0. The van der Waals surface area contributed by atoms with Crippen LogP contribution in [0.4, 0.5) is 8.78 Å². The maximum Gasteiger partial charge on any atom is 0.265 e. The second-order valence-electron chi connectivity index (χ2n) is 4.73. The Morgan fingerprint density at radius 2 is 1.79 bits per heavy atom. The summed E-state index contributed by atoms with van der Waals surface area (Å²) in [5.74, 6) is -2.94. The molecule has 1 spiro atoms. The molecular weight excluding hydrogens is 214 g/mol. The molecule has 3 nitrogen and oxygen atoms in total. The summed E-state index contributed by atoms with van der Waals surface area (Å²) in [5.41, 5.74) is -0.307. The van der Waals surface area contributed by atoms with E-state index in [1.54, 1.807) is 0 Å². The summed E-state index contributed by atoms with van der Waals surface area (Å²) in [5, 5.41) is 0. The Morgan fingerprint density at radius 3 is 2.14 bits per heavy atom. The largest absolute Gasteiger partial charge is 0.286 e. The topological polar surface area (TPSA) is 54.4 Å². The first-order chi connectivity index (χ1) is 6.20. The van der Waals surface area contributed by atoms with Crippen LogP contribution >= 0.6 is 0 Å². The molecule has 0 heterocycles. The van der Waals surface area contributed by atoms with E-state index in [1.807, 2.05) is 0 Å². The number of alkyl halides is 2. The van der Waals surface area contributed by atoms with Crippen molar-refractivity contribution in [3.63, 3.8) is 0 Å². The molecule has 0 aromatic rings. The van der Waals surface area contributed by atoms with Crippen LogP contribution in [0.5, 0.6) is 0 Å². The van der Waals surface area contributed by atoms with Crippen LogP contribution in [-0.2, 0) is 10.1 Å². The second kappa shape index (κ2) is 2.66. The van der Waals surface area contributed by atoms with Gasteiger partial charge in [-0.1, -0.05) is 0 Å². The summed E-state index contributed by atoms with van der Waals surface area (Å²) in [6.07, 6.45) is 0.814. The Balaban J connectivity index is 1.82. The summed E-state index contributed by atoms with van der Waals surface area (Å²) in [4.78, 5) is 0. The lowest BCUT2D eigenvalue weighted by Gasteiger charge is -2.57. The van der Waals surface area contributed by atoms with Gasteiger partial charge in [-0.15, -0.1) is 0 Å². The van der Waals surface area contributed by atoms with E-state index in [0.29, 0.717) is 12.8 Å². The van der Waals surface area contributed by atoms with Gasteiger partial charge in [0.25, 0.3) is 10.1 Å². The molecule has 2 rings (SSSR count). The SMILES string of the molecule is O=S(=O)(O)CC1CC2(C1)CC(F)(F)C2. The molecule has 0 saturated heterocycles.